The molecule has 0 aliphatic carbocycles. The predicted octanol–water partition coefficient (Wildman–Crippen LogP) is 2.92. The van der Waals surface area contributed by atoms with Crippen molar-refractivity contribution >= 4 is 39.2 Å². The van der Waals surface area contributed by atoms with Crippen LogP contribution in [0.25, 0.3) is 0 Å². The molecule has 1 aromatic heterocycles. The lowest BCUT2D eigenvalue weighted by atomic mass is 10.2. The highest BCUT2D eigenvalue weighted by Gasteiger charge is 2.32. The van der Waals surface area contributed by atoms with Crippen molar-refractivity contribution in [3.8, 4) is 5.75 Å². The highest BCUT2D eigenvalue weighted by Crippen LogP contribution is 2.35. The van der Waals surface area contributed by atoms with Gasteiger partial charge in [-0.15, -0.1) is 0 Å². The number of aromatic nitrogens is 1. The number of hydrogen-bond acceptors (Lipinski definition) is 5. The van der Waals surface area contributed by atoms with E-state index in [1.165, 1.54) is 16.4 Å². The van der Waals surface area contributed by atoms with E-state index in [4.69, 9.17) is 16.3 Å². The first-order valence-corrected chi connectivity index (χ1v) is 9.84. The van der Waals surface area contributed by atoms with Crippen molar-refractivity contribution in [2.75, 3.05) is 22.8 Å². The third-order valence-electron chi connectivity index (χ3n) is 3.79. The molecule has 2 aromatic rings. The molecule has 0 spiro atoms. The van der Waals surface area contributed by atoms with E-state index in [2.05, 4.69) is 10.3 Å². The molecule has 0 radical (unpaired) electrons. The van der Waals surface area contributed by atoms with Crippen molar-refractivity contribution in [1.82, 2.24) is 4.98 Å². The number of amides is 1. The topological polar surface area (TPSA) is 88.6 Å². The minimum absolute atomic E-state index is 0.0660. The molecule has 0 bridgehead atoms. The Morgan fingerprint density at radius 3 is 2.77 bits per heavy atom. The second-order valence-corrected chi connectivity index (χ2v) is 8.34. The molecule has 1 aliphatic heterocycles. The van der Waals surface area contributed by atoms with Crippen LogP contribution in [-0.4, -0.2) is 32.5 Å². The average molecular weight is 396 g/mol. The number of hydrogen-bond donors (Lipinski definition) is 1. The Morgan fingerprint density at radius 2 is 2.08 bits per heavy atom. The molecule has 9 heteroatoms. The summed E-state index contributed by atoms with van der Waals surface area (Å²) in [6.07, 6.45) is 0. The van der Waals surface area contributed by atoms with Crippen molar-refractivity contribution < 1.29 is 17.9 Å². The predicted molar refractivity (Wildman–Crippen MR) is 99.2 cm³/mol. The molecule has 1 aromatic carbocycles. The van der Waals surface area contributed by atoms with Gasteiger partial charge in [0.1, 0.15) is 12.4 Å². The number of carbonyl (C=O) groups is 1. The summed E-state index contributed by atoms with van der Waals surface area (Å²) in [5.41, 5.74) is 0. The fourth-order valence-corrected chi connectivity index (χ4v) is 4.11. The van der Waals surface area contributed by atoms with E-state index in [1.807, 2.05) is 0 Å². The Morgan fingerprint density at radius 1 is 1.31 bits per heavy atom. The number of halogens is 1. The lowest BCUT2D eigenvalue weighted by Crippen LogP contribution is -2.38. The van der Waals surface area contributed by atoms with E-state index in [-0.39, 0.29) is 41.5 Å². The van der Waals surface area contributed by atoms with Crippen molar-refractivity contribution in [2.45, 2.75) is 18.7 Å². The van der Waals surface area contributed by atoms with Gasteiger partial charge in [-0.2, -0.15) is 0 Å². The summed E-state index contributed by atoms with van der Waals surface area (Å²) in [7, 11) is -3.87. The van der Waals surface area contributed by atoms with Crippen LogP contribution < -0.4 is 14.4 Å². The molecule has 0 unspecified atom stereocenters. The molecule has 3 rings (SSSR count). The first-order chi connectivity index (χ1) is 12.3. The Balaban J connectivity index is 2.01. The normalized spacial score (nSPS) is 13.9. The minimum atomic E-state index is -3.87. The van der Waals surface area contributed by atoms with Crippen LogP contribution in [0.3, 0.4) is 0 Å². The molecule has 1 aliphatic rings. The number of benzene rings is 1. The number of nitrogens with zero attached hydrogens (tertiary/aromatic N) is 2. The number of carbonyl (C=O) groups excluding carboxylic acids is 1. The standard InChI is InChI=1S/C17H18ClN3O4S/c1-11(2)17(22)20-15-7-6-14-16(19-15)21(8-9-25-14)26(23,24)13-5-3-4-12(18)10-13/h3-7,10-11H,8-9H2,1-2H3,(H,19,20,22). The Bertz CT molecular complexity index is 947. The molecule has 138 valence electrons. The summed E-state index contributed by atoms with van der Waals surface area (Å²) in [4.78, 5) is 16.2. The van der Waals surface area contributed by atoms with Crippen LogP contribution >= 0.6 is 11.6 Å². The van der Waals surface area contributed by atoms with Crippen LogP contribution in [0.1, 0.15) is 13.8 Å². The Labute approximate surface area is 157 Å². The molecule has 2 heterocycles. The van der Waals surface area contributed by atoms with E-state index in [9.17, 15) is 13.2 Å². The van der Waals surface area contributed by atoms with Crippen LogP contribution in [0.4, 0.5) is 11.6 Å². The van der Waals surface area contributed by atoms with Gasteiger partial charge in [0.05, 0.1) is 11.4 Å². The maximum Gasteiger partial charge on any atom is 0.265 e. The largest absolute Gasteiger partial charge is 0.488 e. The summed E-state index contributed by atoms with van der Waals surface area (Å²) in [5, 5.41) is 2.99. The summed E-state index contributed by atoms with van der Waals surface area (Å²) in [5.74, 6) is 0.301. The second kappa shape index (κ2) is 7.13. The number of ether oxygens (including phenoxy) is 1. The number of pyridine rings is 1. The van der Waals surface area contributed by atoms with Crippen LogP contribution in [0.5, 0.6) is 5.75 Å². The van der Waals surface area contributed by atoms with Crippen molar-refractivity contribution in [1.29, 1.82) is 0 Å². The third-order valence-corrected chi connectivity index (χ3v) is 5.81. The molecule has 0 saturated carbocycles. The molecule has 1 N–H and O–H groups in total. The van der Waals surface area contributed by atoms with E-state index in [1.54, 1.807) is 38.1 Å². The SMILES string of the molecule is CC(C)C(=O)Nc1ccc2c(n1)N(S(=O)(=O)c1cccc(Cl)c1)CCO2. The summed E-state index contributed by atoms with van der Waals surface area (Å²) in [6, 6.07) is 9.21. The van der Waals surface area contributed by atoms with E-state index in [0.29, 0.717) is 10.8 Å². The Kier molecular flexibility index (Phi) is 5.06. The Hall–Kier alpha value is -2.32. The third kappa shape index (κ3) is 3.61. The smallest absolute Gasteiger partial charge is 0.265 e. The molecule has 0 atom stereocenters. The van der Waals surface area contributed by atoms with Crippen LogP contribution in [-0.2, 0) is 14.8 Å². The molecule has 1 amide bonds. The first-order valence-electron chi connectivity index (χ1n) is 8.02. The van der Waals surface area contributed by atoms with Crippen LogP contribution in [0.15, 0.2) is 41.3 Å². The van der Waals surface area contributed by atoms with Crippen molar-refractivity contribution in [3.05, 3.63) is 41.4 Å². The van der Waals surface area contributed by atoms with E-state index >= 15 is 0 Å². The first kappa shape index (κ1) is 18.5. The monoisotopic (exact) mass is 395 g/mol. The number of sulfonamides is 1. The van der Waals surface area contributed by atoms with Gasteiger partial charge in [0.2, 0.25) is 5.91 Å². The van der Waals surface area contributed by atoms with Crippen molar-refractivity contribution in [2.24, 2.45) is 5.92 Å². The summed E-state index contributed by atoms with van der Waals surface area (Å²) >= 11 is 5.93. The highest BCUT2D eigenvalue weighted by atomic mass is 35.5. The lowest BCUT2D eigenvalue weighted by molar-refractivity contribution is -0.118. The maximum atomic E-state index is 13.0. The van der Waals surface area contributed by atoms with Gasteiger partial charge in [-0.25, -0.2) is 17.7 Å². The molecule has 7 nitrogen and oxygen atoms in total. The van der Waals surface area contributed by atoms with E-state index in [0.717, 1.165) is 0 Å². The van der Waals surface area contributed by atoms with Gasteiger partial charge in [-0.05, 0) is 30.3 Å². The fourth-order valence-electron chi connectivity index (χ4n) is 2.40. The molecule has 0 saturated heterocycles. The summed E-state index contributed by atoms with van der Waals surface area (Å²) in [6.45, 7) is 3.82. The molecule has 26 heavy (non-hydrogen) atoms. The zero-order valence-corrected chi connectivity index (χ0v) is 15.8. The fraction of sp³-hybridized carbons (Fsp3) is 0.294. The van der Waals surface area contributed by atoms with Gasteiger partial charge in [-0.3, -0.25) is 4.79 Å². The average Bonchev–Trinajstić information content (AvgIpc) is 2.61. The quantitative estimate of drug-likeness (QED) is 0.859. The van der Waals surface area contributed by atoms with Crippen LogP contribution in [0.2, 0.25) is 5.02 Å². The molecular weight excluding hydrogens is 378 g/mol. The highest BCUT2D eigenvalue weighted by molar-refractivity contribution is 7.92. The number of fused-ring (bicyclic) bond motifs is 1. The van der Waals surface area contributed by atoms with Gasteiger partial charge < -0.3 is 10.1 Å². The van der Waals surface area contributed by atoms with Gasteiger partial charge in [0.25, 0.3) is 10.0 Å². The van der Waals surface area contributed by atoms with Gasteiger partial charge >= 0.3 is 0 Å². The van der Waals surface area contributed by atoms with Gasteiger partial charge in [-0.1, -0.05) is 31.5 Å². The zero-order valence-electron chi connectivity index (χ0n) is 14.3. The maximum absolute atomic E-state index is 13.0. The number of anilines is 2. The molecule has 0 fully saturated rings. The second-order valence-electron chi connectivity index (χ2n) is 6.05. The van der Waals surface area contributed by atoms with E-state index < -0.39 is 10.0 Å². The number of nitrogens with one attached hydrogen (secondary N) is 1. The molecular formula is C17H18ClN3O4S. The zero-order chi connectivity index (χ0) is 18.9. The number of rotatable bonds is 4. The summed E-state index contributed by atoms with van der Waals surface area (Å²) < 4.78 is 32.7. The van der Waals surface area contributed by atoms with Crippen LogP contribution in [0, 0.1) is 5.92 Å². The van der Waals surface area contributed by atoms with Crippen molar-refractivity contribution in [3.63, 3.8) is 0 Å². The van der Waals surface area contributed by atoms with Gasteiger partial charge in [0.15, 0.2) is 11.6 Å². The minimum Gasteiger partial charge on any atom is -0.488 e. The lowest BCUT2D eigenvalue weighted by Gasteiger charge is -2.29. The van der Waals surface area contributed by atoms with Gasteiger partial charge in [0, 0.05) is 10.9 Å².